The number of carboxylic acid groups (broad SMARTS) is 1. The summed E-state index contributed by atoms with van der Waals surface area (Å²) in [6.07, 6.45) is 1.01. The molecule has 0 saturated heterocycles. The summed E-state index contributed by atoms with van der Waals surface area (Å²) in [7, 11) is 0. The van der Waals surface area contributed by atoms with Crippen molar-refractivity contribution in [1.82, 2.24) is 5.32 Å². The van der Waals surface area contributed by atoms with E-state index in [9.17, 15) is 19.5 Å². The molecule has 0 aliphatic heterocycles. The molecule has 31 heavy (non-hydrogen) atoms. The van der Waals surface area contributed by atoms with Crippen LogP contribution in [0, 0.1) is 11.8 Å². The maximum Gasteiger partial charge on any atom is 0.326 e. The molecule has 0 unspecified atom stereocenters. The lowest BCUT2D eigenvalue weighted by molar-refractivity contribution is -0.143. The van der Waals surface area contributed by atoms with E-state index >= 15 is 0 Å². The second kappa shape index (κ2) is 12.0. The minimum atomic E-state index is -1.08. The highest BCUT2D eigenvalue weighted by atomic mass is 16.4. The summed E-state index contributed by atoms with van der Waals surface area (Å²) in [4.78, 5) is 37.4. The van der Waals surface area contributed by atoms with Gasteiger partial charge in [0.05, 0.1) is 6.04 Å². The smallest absolute Gasteiger partial charge is 0.326 e. The van der Waals surface area contributed by atoms with Gasteiger partial charge in [0, 0.05) is 12.3 Å². The van der Waals surface area contributed by atoms with Gasteiger partial charge in [0.2, 0.25) is 5.91 Å². The molecule has 0 aliphatic carbocycles. The minimum Gasteiger partial charge on any atom is -0.480 e. The first-order chi connectivity index (χ1) is 14.8. The zero-order valence-electron chi connectivity index (χ0n) is 18.2. The van der Waals surface area contributed by atoms with Crippen LogP contribution in [-0.2, 0) is 27.2 Å². The van der Waals surface area contributed by atoms with Crippen LogP contribution in [-0.4, -0.2) is 34.8 Å². The number of nitrogens with two attached hydrogens (primary N) is 1. The Hall–Kier alpha value is -2.99. The molecule has 0 radical (unpaired) electrons. The second-order valence-corrected chi connectivity index (χ2v) is 8.38. The molecule has 6 heteroatoms. The zero-order chi connectivity index (χ0) is 22.8. The van der Waals surface area contributed by atoms with Crippen molar-refractivity contribution >= 4 is 17.7 Å². The number of rotatable bonds is 12. The molecule has 2 aromatic carbocycles. The lowest BCUT2D eigenvalue weighted by Crippen LogP contribution is -2.46. The van der Waals surface area contributed by atoms with Gasteiger partial charge in [-0.25, -0.2) is 4.79 Å². The predicted molar refractivity (Wildman–Crippen MR) is 120 cm³/mol. The first-order valence-electron chi connectivity index (χ1n) is 10.7. The summed E-state index contributed by atoms with van der Waals surface area (Å²) in [5.41, 5.74) is 7.99. The SMILES string of the molecule is CC(C)C[C@H](NC(=O)[C@@H](CC(=O)[C@@H](N)Cc1ccccc1)Cc1ccccc1)C(=O)O. The Morgan fingerprint density at radius 3 is 1.90 bits per heavy atom. The third-order valence-corrected chi connectivity index (χ3v) is 5.18. The number of carbonyl (C=O) groups excluding carboxylic acids is 2. The van der Waals surface area contributed by atoms with Gasteiger partial charge in [-0.05, 0) is 36.3 Å². The molecule has 0 bridgehead atoms. The van der Waals surface area contributed by atoms with Crippen molar-refractivity contribution in [3.8, 4) is 0 Å². The number of hydrogen-bond acceptors (Lipinski definition) is 4. The number of ketones is 1. The van der Waals surface area contributed by atoms with Crippen molar-refractivity contribution in [2.45, 2.75) is 51.6 Å². The molecule has 3 atom stereocenters. The highest BCUT2D eigenvalue weighted by Gasteiger charge is 2.29. The quantitative estimate of drug-likeness (QED) is 0.485. The van der Waals surface area contributed by atoms with Gasteiger partial charge in [0.1, 0.15) is 6.04 Å². The summed E-state index contributed by atoms with van der Waals surface area (Å²) < 4.78 is 0. The van der Waals surface area contributed by atoms with Gasteiger partial charge in [-0.1, -0.05) is 74.5 Å². The van der Waals surface area contributed by atoms with Gasteiger partial charge >= 0.3 is 5.97 Å². The number of Topliss-reactive ketones (excluding diaryl/α,β-unsaturated/α-hetero) is 1. The van der Waals surface area contributed by atoms with Crippen LogP contribution in [0.15, 0.2) is 60.7 Å². The first-order valence-corrected chi connectivity index (χ1v) is 10.7. The van der Waals surface area contributed by atoms with Crippen LogP contribution in [0.25, 0.3) is 0 Å². The van der Waals surface area contributed by atoms with Crippen molar-refractivity contribution in [3.05, 3.63) is 71.8 Å². The summed E-state index contributed by atoms with van der Waals surface area (Å²) >= 11 is 0. The van der Waals surface area contributed by atoms with Gasteiger partial charge < -0.3 is 16.2 Å². The minimum absolute atomic E-state index is 0.0389. The Labute approximate surface area is 183 Å². The highest BCUT2D eigenvalue weighted by Crippen LogP contribution is 2.17. The Bertz CT molecular complexity index is 852. The third-order valence-electron chi connectivity index (χ3n) is 5.18. The number of carboxylic acids is 1. The summed E-state index contributed by atoms with van der Waals surface area (Å²) in [5.74, 6) is -2.30. The molecule has 6 nitrogen and oxygen atoms in total. The second-order valence-electron chi connectivity index (χ2n) is 8.38. The molecule has 0 spiro atoms. The van der Waals surface area contributed by atoms with E-state index < -0.39 is 29.9 Å². The van der Waals surface area contributed by atoms with Crippen molar-refractivity contribution < 1.29 is 19.5 Å². The molecule has 0 fully saturated rings. The average Bonchev–Trinajstić information content (AvgIpc) is 2.73. The molecule has 0 heterocycles. The Morgan fingerprint density at radius 2 is 1.42 bits per heavy atom. The van der Waals surface area contributed by atoms with E-state index in [0.29, 0.717) is 19.3 Å². The molecule has 166 valence electrons. The van der Waals surface area contributed by atoms with E-state index in [0.717, 1.165) is 11.1 Å². The van der Waals surface area contributed by atoms with Crippen LogP contribution in [0.2, 0.25) is 0 Å². The van der Waals surface area contributed by atoms with E-state index in [1.165, 1.54) is 0 Å². The maximum atomic E-state index is 13.0. The molecule has 4 N–H and O–H groups in total. The van der Waals surface area contributed by atoms with E-state index in [4.69, 9.17) is 5.73 Å². The van der Waals surface area contributed by atoms with Crippen LogP contribution < -0.4 is 11.1 Å². The lowest BCUT2D eigenvalue weighted by Gasteiger charge is -2.22. The van der Waals surface area contributed by atoms with E-state index in [1.54, 1.807) is 0 Å². The Morgan fingerprint density at radius 1 is 0.903 bits per heavy atom. The number of nitrogens with one attached hydrogen (secondary N) is 1. The first kappa shape index (κ1) is 24.3. The summed E-state index contributed by atoms with van der Waals surface area (Å²) in [6, 6.07) is 17.2. The fraction of sp³-hybridized carbons (Fsp3) is 0.400. The standard InChI is InChI=1S/C25H32N2O4/c1-17(2)13-22(25(30)31)27-24(29)20(14-18-9-5-3-6-10-18)16-23(28)21(26)15-19-11-7-4-8-12-19/h3-12,17,20-22H,13-16,26H2,1-2H3,(H,27,29)(H,30,31)/t20-,21+,22+/m1/s1. The topological polar surface area (TPSA) is 109 Å². The number of carbonyl (C=O) groups is 3. The van der Waals surface area contributed by atoms with Crippen molar-refractivity contribution in [1.29, 1.82) is 0 Å². The number of amides is 1. The molecule has 0 saturated carbocycles. The van der Waals surface area contributed by atoms with Gasteiger partial charge in [-0.3, -0.25) is 9.59 Å². The number of benzene rings is 2. The van der Waals surface area contributed by atoms with Gasteiger partial charge in [0.25, 0.3) is 0 Å². The van der Waals surface area contributed by atoms with Crippen LogP contribution in [0.1, 0.15) is 37.8 Å². The number of hydrogen-bond donors (Lipinski definition) is 3. The maximum absolute atomic E-state index is 13.0. The van der Waals surface area contributed by atoms with E-state index in [-0.39, 0.29) is 18.1 Å². The highest BCUT2D eigenvalue weighted by molar-refractivity contribution is 5.91. The van der Waals surface area contributed by atoms with Crippen LogP contribution in [0.5, 0.6) is 0 Å². The summed E-state index contributed by atoms with van der Waals surface area (Å²) in [6.45, 7) is 3.80. The van der Waals surface area contributed by atoms with E-state index in [2.05, 4.69) is 5.32 Å². The van der Waals surface area contributed by atoms with Gasteiger partial charge in [-0.2, -0.15) is 0 Å². The van der Waals surface area contributed by atoms with Gasteiger partial charge in [-0.15, -0.1) is 0 Å². The molecule has 1 amide bonds. The fourth-order valence-corrected chi connectivity index (χ4v) is 3.51. The monoisotopic (exact) mass is 424 g/mol. The van der Waals surface area contributed by atoms with Crippen LogP contribution >= 0.6 is 0 Å². The summed E-state index contributed by atoms with van der Waals surface area (Å²) in [5, 5.41) is 12.1. The fourth-order valence-electron chi connectivity index (χ4n) is 3.51. The Kier molecular flexibility index (Phi) is 9.40. The Balaban J connectivity index is 2.12. The number of aliphatic carboxylic acids is 1. The van der Waals surface area contributed by atoms with E-state index in [1.807, 2.05) is 74.5 Å². The van der Waals surface area contributed by atoms with Gasteiger partial charge in [0.15, 0.2) is 5.78 Å². The predicted octanol–water partition coefficient (Wildman–Crippen LogP) is 2.99. The van der Waals surface area contributed by atoms with Crippen molar-refractivity contribution in [2.75, 3.05) is 0 Å². The largest absolute Gasteiger partial charge is 0.480 e. The van der Waals surface area contributed by atoms with Crippen molar-refractivity contribution in [3.63, 3.8) is 0 Å². The average molecular weight is 425 g/mol. The molecule has 2 aromatic rings. The normalized spacial score (nSPS) is 13.9. The molecule has 2 rings (SSSR count). The van der Waals surface area contributed by atoms with Crippen LogP contribution in [0.3, 0.4) is 0 Å². The lowest BCUT2D eigenvalue weighted by atomic mass is 9.89. The van der Waals surface area contributed by atoms with Crippen LogP contribution in [0.4, 0.5) is 0 Å². The third kappa shape index (κ3) is 8.34. The molecular weight excluding hydrogens is 392 g/mol. The molecular formula is C25H32N2O4. The van der Waals surface area contributed by atoms with Crippen molar-refractivity contribution in [2.24, 2.45) is 17.6 Å². The molecule has 0 aromatic heterocycles. The molecule has 0 aliphatic rings. The zero-order valence-corrected chi connectivity index (χ0v) is 18.2.